The third kappa shape index (κ3) is 6.44. The Morgan fingerprint density at radius 2 is 1.98 bits per heavy atom. The fourth-order valence-corrected chi connectivity index (χ4v) is 5.70. The summed E-state index contributed by atoms with van der Waals surface area (Å²) in [5.41, 5.74) is 0.00187. The number of nitrogens with zero attached hydrogens (tertiary/aromatic N) is 9. The molecule has 5 aromatic rings. The number of ether oxygens (including phenoxy) is 1. The molecule has 0 radical (unpaired) electrons. The molecule has 16 heteroatoms. The number of carbonyl (C=O) groups excluding carboxylic acids is 1. The van der Waals surface area contributed by atoms with E-state index in [0.717, 1.165) is 11.9 Å². The highest BCUT2D eigenvalue weighted by Crippen LogP contribution is 2.40. The van der Waals surface area contributed by atoms with E-state index in [9.17, 15) is 14.3 Å². The van der Waals surface area contributed by atoms with Crippen LogP contribution in [-0.2, 0) is 16.1 Å². The van der Waals surface area contributed by atoms with Crippen molar-refractivity contribution in [3.8, 4) is 5.82 Å². The molecular formula is C30H37FN12O3. The van der Waals surface area contributed by atoms with Gasteiger partial charge in [-0.2, -0.15) is 15.3 Å². The summed E-state index contributed by atoms with van der Waals surface area (Å²) in [7, 11) is 1.55. The maximum atomic E-state index is 13.6. The summed E-state index contributed by atoms with van der Waals surface area (Å²) in [6, 6.07) is 1.43. The number of halogens is 1. The number of aromatic amines is 1. The smallest absolute Gasteiger partial charge is 0.252 e. The third-order valence-corrected chi connectivity index (χ3v) is 8.20. The molecule has 1 aliphatic carbocycles. The van der Waals surface area contributed by atoms with Crippen LogP contribution < -0.4 is 10.6 Å². The minimum Gasteiger partial charge on any atom is -0.389 e. The predicted molar refractivity (Wildman–Crippen MR) is 165 cm³/mol. The molecule has 0 saturated heterocycles. The molecule has 0 aliphatic heterocycles. The van der Waals surface area contributed by atoms with Crippen LogP contribution in [0.2, 0.25) is 0 Å². The molecule has 5 heterocycles. The van der Waals surface area contributed by atoms with Crippen LogP contribution >= 0.6 is 0 Å². The van der Waals surface area contributed by atoms with Gasteiger partial charge in [-0.25, -0.2) is 28.7 Å². The molecule has 0 aromatic carbocycles. The molecular weight excluding hydrogens is 595 g/mol. The van der Waals surface area contributed by atoms with Crippen molar-refractivity contribution in [3.63, 3.8) is 0 Å². The van der Waals surface area contributed by atoms with Gasteiger partial charge < -0.3 is 20.5 Å². The lowest BCUT2D eigenvalue weighted by Crippen LogP contribution is -2.51. The fourth-order valence-electron chi connectivity index (χ4n) is 5.70. The summed E-state index contributed by atoms with van der Waals surface area (Å²) < 4.78 is 22.2. The van der Waals surface area contributed by atoms with Crippen molar-refractivity contribution in [2.45, 2.75) is 83.1 Å². The average Bonchev–Trinajstić information content (AvgIpc) is 3.76. The first kappa shape index (κ1) is 31.2. The lowest BCUT2D eigenvalue weighted by molar-refractivity contribution is -0.148. The number of carbonyl (C=O) groups is 1. The second-order valence-corrected chi connectivity index (χ2v) is 12.4. The zero-order chi connectivity index (χ0) is 32.6. The van der Waals surface area contributed by atoms with Gasteiger partial charge in [0.15, 0.2) is 23.1 Å². The first-order chi connectivity index (χ1) is 21.9. The number of aryl methyl sites for hydroxylation is 1. The lowest BCUT2D eigenvalue weighted by atomic mass is 9.77. The molecule has 1 atom stereocenters. The molecule has 0 bridgehead atoms. The van der Waals surface area contributed by atoms with E-state index in [2.05, 4.69) is 41.0 Å². The van der Waals surface area contributed by atoms with Crippen molar-refractivity contribution < 1.29 is 19.0 Å². The van der Waals surface area contributed by atoms with Crippen molar-refractivity contribution in [2.24, 2.45) is 0 Å². The first-order valence-corrected chi connectivity index (χ1v) is 15.1. The van der Waals surface area contributed by atoms with Gasteiger partial charge >= 0.3 is 0 Å². The molecule has 46 heavy (non-hydrogen) atoms. The summed E-state index contributed by atoms with van der Waals surface area (Å²) >= 11 is 0. The van der Waals surface area contributed by atoms with Crippen LogP contribution in [-0.4, -0.2) is 79.0 Å². The van der Waals surface area contributed by atoms with Gasteiger partial charge in [-0.1, -0.05) is 0 Å². The molecule has 1 fully saturated rings. The maximum absolute atomic E-state index is 13.6. The third-order valence-electron chi connectivity index (χ3n) is 8.20. The summed E-state index contributed by atoms with van der Waals surface area (Å²) in [6.45, 7) is 7.42. The topological polar surface area (TPSA) is 186 Å². The van der Waals surface area contributed by atoms with E-state index in [1.54, 1.807) is 31.8 Å². The van der Waals surface area contributed by atoms with Gasteiger partial charge in [-0.3, -0.25) is 14.9 Å². The average molecular weight is 633 g/mol. The lowest BCUT2D eigenvalue weighted by Gasteiger charge is -2.38. The van der Waals surface area contributed by atoms with Crippen molar-refractivity contribution in [2.75, 3.05) is 12.4 Å². The standard InChI is InChI=1S/C30H37FN12O3/c1-17-10-23(41-40-17)37-26-21-12-35-43(16-29(3,4)45)27(21)39-25(38-26)19-6-8-30(46-5,9-7-19)28(44)36-18(2)22-13-33-24(14-32-22)42-15-20(31)11-34-42/h10-15,18-19,45H,6-9,16H2,1-5H3,(H,36,44)(H2,37,38,39,40,41)/t18-,19-,30+/m0/s1. The molecule has 1 saturated carbocycles. The highest BCUT2D eigenvalue weighted by Gasteiger charge is 2.43. The van der Waals surface area contributed by atoms with Gasteiger partial charge in [0.1, 0.15) is 17.2 Å². The summed E-state index contributed by atoms with van der Waals surface area (Å²) in [6.07, 6.45) is 9.11. The number of H-pyrrole nitrogens is 1. The Morgan fingerprint density at radius 1 is 1.20 bits per heavy atom. The van der Waals surface area contributed by atoms with Gasteiger partial charge in [0.05, 0.1) is 60.3 Å². The SMILES string of the molecule is CO[C@]1(C(=O)N[C@@H](C)c2cnc(-n3cc(F)cn3)cn2)CC[C@H](c2nc(Nc3cc(C)[nH]n3)c3cnn(CC(C)(C)O)c3n2)CC1. The molecule has 15 nitrogen and oxygen atoms in total. The first-order valence-electron chi connectivity index (χ1n) is 15.1. The second-order valence-electron chi connectivity index (χ2n) is 12.4. The van der Waals surface area contributed by atoms with E-state index < -0.39 is 23.1 Å². The van der Waals surface area contributed by atoms with E-state index in [1.807, 2.05) is 19.9 Å². The molecule has 5 aromatic heterocycles. The molecule has 0 spiro atoms. The number of amides is 1. The number of nitrogens with one attached hydrogen (secondary N) is 3. The zero-order valence-electron chi connectivity index (χ0n) is 26.3. The van der Waals surface area contributed by atoms with E-state index in [0.29, 0.717) is 65.7 Å². The van der Waals surface area contributed by atoms with Crippen LogP contribution in [0.5, 0.6) is 0 Å². The number of aliphatic hydroxyl groups is 1. The largest absolute Gasteiger partial charge is 0.389 e. The molecule has 1 aliphatic rings. The molecule has 6 rings (SSSR count). The summed E-state index contributed by atoms with van der Waals surface area (Å²) in [4.78, 5) is 32.1. The van der Waals surface area contributed by atoms with E-state index in [4.69, 9.17) is 14.7 Å². The Balaban J connectivity index is 1.18. The zero-order valence-corrected chi connectivity index (χ0v) is 26.3. The van der Waals surface area contributed by atoms with Crippen LogP contribution in [0.4, 0.5) is 16.0 Å². The number of aromatic nitrogens is 10. The van der Waals surface area contributed by atoms with Gasteiger partial charge in [0, 0.05) is 24.8 Å². The molecule has 0 unspecified atom stereocenters. The van der Waals surface area contributed by atoms with Gasteiger partial charge in [-0.15, -0.1) is 0 Å². The minimum absolute atomic E-state index is 0.0459. The maximum Gasteiger partial charge on any atom is 0.252 e. The number of hydrogen-bond donors (Lipinski definition) is 4. The Bertz CT molecular complexity index is 1830. The van der Waals surface area contributed by atoms with Crippen LogP contribution in [0, 0.1) is 12.7 Å². The highest BCUT2D eigenvalue weighted by molar-refractivity contribution is 5.88. The van der Waals surface area contributed by atoms with Crippen LogP contribution in [0.3, 0.4) is 0 Å². The minimum atomic E-state index is -1.04. The van der Waals surface area contributed by atoms with Crippen molar-refractivity contribution in [1.82, 2.24) is 55.0 Å². The fraction of sp³-hybridized carbons (Fsp3) is 0.467. The Hall–Kier alpha value is -4.83. The second kappa shape index (κ2) is 12.2. The van der Waals surface area contributed by atoms with Crippen molar-refractivity contribution in [3.05, 3.63) is 60.1 Å². The van der Waals surface area contributed by atoms with E-state index in [1.165, 1.54) is 23.3 Å². The van der Waals surface area contributed by atoms with Crippen molar-refractivity contribution in [1.29, 1.82) is 0 Å². The Labute approximate surface area is 264 Å². The van der Waals surface area contributed by atoms with Gasteiger partial charge in [0.2, 0.25) is 0 Å². The molecule has 4 N–H and O–H groups in total. The highest BCUT2D eigenvalue weighted by atomic mass is 19.1. The van der Waals surface area contributed by atoms with Crippen LogP contribution in [0.1, 0.15) is 75.6 Å². The number of hydrogen-bond acceptors (Lipinski definition) is 11. The quantitative estimate of drug-likeness (QED) is 0.177. The number of fused-ring (bicyclic) bond motifs is 1. The van der Waals surface area contributed by atoms with Gasteiger partial charge in [0.25, 0.3) is 5.91 Å². The van der Waals surface area contributed by atoms with E-state index >= 15 is 0 Å². The summed E-state index contributed by atoms with van der Waals surface area (Å²) in [5.74, 6) is 1.39. The summed E-state index contributed by atoms with van der Waals surface area (Å²) in [5, 5.41) is 33.1. The normalized spacial score (nSPS) is 19.3. The number of rotatable bonds is 10. The molecule has 1 amide bonds. The number of anilines is 2. The monoisotopic (exact) mass is 632 g/mol. The Kier molecular flexibility index (Phi) is 8.24. The van der Waals surface area contributed by atoms with Crippen molar-refractivity contribution >= 4 is 28.6 Å². The molecule has 242 valence electrons. The number of methoxy groups -OCH3 is 1. The predicted octanol–water partition coefficient (Wildman–Crippen LogP) is 3.41. The van der Waals surface area contributed by atoms with Gasteiger partial charge in [-0.05, 0) is 53.4 Å². The Morgan fingerprint density at radius 3 is 2.59 bits per heavy atom. The van der Waals surface area contributed by atoms with E-state index in [-0.39, 0.29) is 18.4 Å². The van der Waals surface area contributed by atoms with Crippen LogP contribution in [0.15, 0.2) is 37.1 Å². The van der Waals surface area contributed by atoms with Crippen LogP contribution in [0.25, 0.3) is 16.9 Å².